The van der Waals surface area contributed by atoms with E-state index in [0.29, 0.717) is 0 Å². The van der Waals surface area contributed by atoms with Crippen molar-refractivity contribution < 1.29 is 18.3 Å². The number of hydrogen-bond donors (Lipinski definition) is 1. The van der Waals surface area contributed by atoms with Crippen LogP contribution in [0.15, 0.2) is 18.2 Å². The average Bonchev–Trinajstić information content (AvgIpc) is 2.26. The molecule has 17 heavy (non-hydrogen) atoms. The van der Waals surface area contributed by atoms with Crippen LogP contribution in [0, 0.1) is 11.6 Å². The summed E-state index contributed by atoms with van der Waals surface area (Å²) in [6.07, 6.45) is -0.0310. The summed E-state index contributed by atoms with van der Waals surface area (Å²) in [5.41, 5.74) is 5.94. The predicted molar refractivity (Wildman–Crippen MR) is 59.4 cm³/mol. The molecule has 0 saturated carbocycles. The fourth-order valence-electron chi connectivity index (χ4n) is 1.64. The lowest BCUT2D eigenvalue weighted by molar-refractivity contribution is -0.141. The Morgan fingerprint density at radius 2 is 2.12 bits per heavy atom. The fourth-order valence-corrected chi connectivity index (χ4v) is 1.64. The van der Waals surface area contributed by atoms with Gasteiger partial charge in [-0.05, 0) is 18.6 Å². The lowest BCUT2D eigenvalue weighted by Gasteiger charge is -2.20. The Morgan fingerprint density at radius 3 is 2.59 bits per heavy atom. The molecular weight excluding hydrogens is 228 g/mol. The molecule has 0 amide bonds. The van der Waals surface area contributed by atoms with Crippen molar-refractivity contribution in [1.82, 2.24) is 0 Å². The van der Waals surface area contributed by atoms with Gasteiger partial charge < -0.3 is 10.5 Å². The lowest BCUT2D eigenvalue weighted by atomic mass is 9.89. The molecule has 0 heterocycles. The van der Waals surface area contributed by atoms with E-state index < -0.39 is 29.6 Å². The van der Waals surface area contributed by atoms with Crippen molar-refractivity contribution >= 4 is 5.97 Å². The van der Waals surface area contributed by atoms with Gasteiger partial charge in [-0.15, -0.1) is 0 Å². The normalized spacial score (nSPS) is 14.2. The van der Waals surface area contributed by atoms with Gasteiger partial charge in [-0.1, -0.05) is 6.07 Å². The summed E-state index contributed by atoms with van der Waals surface area (Å²) in [7, 11) is 1.25. The number of halogens is 2. The molecule has 0 aliphatic carbocycles. The number of benzene rings is 1. The monoisotopic (exact) mass is 243 g/mol. The van der Waals surface area contributed by atoms with Gasteiger partial charge in [0.05, 0.1) is 13.5 Å². The summed E-state index contributed by atoms with van der Waals surface area (Å²) < 4.78 is 30.9. The molecule has 1 aromatic rings. The molecule has 1 rings (SSSR count). The Kier molecular flexibility index (Phi) is 4.57. The van der Waals surface area contributed by atoms with Gasteiger partial charge in [0.25, 0.3) is 0 Å². The summed E-state index contributed by atoms with van der Waals surface area (Å²) in [5.74, 6) is -2.36. The van der Waals surface area contributed by atoms with Gasteiger partial charge in [0.2, 0.25) is 0 Å². The molecule has 1 aromatic carbocycles. The van der Waals surface area contributed by atoms with Gasteiger partial charge in [-0.2, -0.15) is 0 Å². The first kappa shape index (κ1) is 13.6. The minimum Gasteiger partial charge on any atom is -0.469 e. The second-order valence-electron chi connectivity index (χ2n) is 3.91. The van der Waals surface area contributed by atoms with Crippen LogP contribution >= 0.6 is 0 Å². The highest BCUT2D eigenvalue weighted by atomic mass is 19.1. The number of esters is 1. The van der Waals surface area contributed by atoms with Gasteiger partial charge >= 0.3 is 5.97 Å². The van der Waals surface area contributed by atoms with Crippen LogP contribution in [-0.4, -0.2) is 19.1 Å². The van der Waals surface area contributed by atoms with E-state index in [1.54, 1.807) is 6.92 Å². The van der Waals surface area contributed by atoms with Gasteiger partial charge in [0.1, 0.15) is 11.6 Å². The third-order valence-electron chi connectivity index (χ3n) is 2.61. The second-order valence-corrected chi connectivity index (χ2v) is 3.91. The molecule has 0 saturated heterocycles. The van der Waals surface area contributed by atoms with E-state index in [0.717, 1.165) is 12.1 Å². The topological polar surface area (TPSA) is 52.3 Å². The standard InChI is InChI=1S/C12H15F2NO2/c1-7(15)10(6-12(16)17-2)9-4-3-8(13)5-11(9)14/h3-5,7,10H,6,15H2,1-2H3. The summed E-state index contributed by atoms with van der Waals surface area (Å²) >= 11 is 0. The first-order valence-corrected chi connectivity index (χ1v) is 5.23. The van der Waals surface area contributed by atoms with E-state index in [-0.39, 0.29) is 12.0 Å². The van der Waals surface area contributed by atoms with E-state index in [4.69, 9.17) is 5.73 Å². The SMILES string of the molecule is COC(=O)CC(c1ccc(F)cc1F)C(C)N. The number of nitrogens with two attached hydrogens (primary N) is 1. The summed E-state index contributed by atoms with van der Waals surface area (Å²) in [6.45, 7) is 1.66. The quantitative estimate of drug-likeness (QED) is 0.822. The van der Waals surface area contributed by atoms with Crippen LogP contribution in [0.2, 0.25) is 0 Å². The Morgan fingerprint density at radius 1 is 1.47 bits per heavy atom. The van der Waals surface area contributed by atoms with E-state index in [2.05, 4.69) is 4.74 Å². The van der Waals surface area contributed by atoms with Gasteiger partial charge in [0.15, 0.2) is 0 Å². The maximum Gasteiger partial charge on any atom is 0.306 e. The van der Waals surface area contributed by atoms with Crippen LogP contribution in [0.1, 0.15) is 24.8 Å². The van der Waals surface area contributed by atoms with Crippen molar-refractivity contribution in [3.8, 4) is 0 Å². The van der Waals surface area contributed by atoms with Crippen LogP contribution in [0.3, 0.4) is 0 Å². The van der Waals surface area contributed by atoms with Gasteiger partial charge in [-0.25, -0.2) is 8.78 Å². The molecule has 2 unspecified atom stereocenters. The highest BCUT2D eigenvalue weighted by Crippen LogP contribution is 2.26. The van der Waals surface area contributed by atoms with Crippen LogP contribution < -0.4 is 5.73 Å². The zero-order valence-corrected chi connectivity index (χ0v) is 9.74. The molecule has 0 aromatic heterocycles. The Bertz CT molecular complexity index is 407. The lowest BCUT2D eigenvalue weighted by Crippen LogP contribution is -2.28. The number of carbonyl (C=O) groups is 1. The van der Waals surface area contributed by atoms with E-state index in [9.17, 15) is 13.6 Å². The second kappa shape index (κ2) is 5.72. The van der Waals surface area contributed by atoms with Crippen LogP contribution in [0.25, 0.3) is 0 Å². The molecule has 0 aliphatic rings. The molecule has 2 N–H and O–H groups in total. The minimum absolute atomic E-state index is 0.0310. The van der Waals surface area contributed by atoms with Crippen molar-refractivity contribution in [3.05, 3.63) is 35.4 Å². The highest BCUT2D eigenvalue weighted by molar-refractivity contribution is 5.70. The van der Waals surface area contributed by atoms with Gasteiger partial charge in [-0.3, -0.25) is 4.79 Å². The summed E-state index contributed by atoms with van der Waals surface area (Å²) in [5, 5.41) is 0. The van der Waals surface area contributed by atoms with Crippen LogP contribution in [0.5, 0.6) is 0 Å². The Labute approximate surface area is 98.6 Å². The first-order chi connectivity index (χ1) is 7.95. The molecule has 5 heteroatoms. The van der Waals surface area contributed by atoms with Crippen molar-refractivity contribution in [1.29, 1.82) is 0 Å². The van der Waals surface area contributed by atoms with Crippen molar-refractivity contribution in [3.63, 3.8) is 0 Å². The minimum atomic E-state index is -0.698. The van der Waals surface area contributed by atoms with Crippen LogP contribution in [-0.2, 0) is 9.53 Å². The predicted octanol–water partition coefficient (Wildman–Crippen LogP) is 1.96. The first-order valence-electron chi connectivity index (χ1n) is 5.23. The molecule has 0 aliphatic heterocycles. The molecule has 0 radical (unpaired) electrons. The largest absolute Gasteiger partial charge is 0.469 e. The van der Waals surface area contributed by atoms with E-state index in [1.165, 1.54) is 13.2 Å². The Hall–Kier alpha value is -1.49. The summed E-state index contributed by atoms with van der Waals surface area (Å²) in [6, 6.07) is 2.79. The Balaban J connectivity index is 3.01. The number of carbonyl (C=O) groups excluding carboxylic acids is 1. The smallest absolute Gasteiger partial charge is 0.306 e. The molecule has 94 valence electrons. The van der Waals surface area contributed by atoms with Crippen molar-refractivity contribution in [2.45, 2.75) is 25.3 Å². The van der Waals surface area contributed by atoms with Crippen molar-refractivity contribution in [2.24, 2.45) is 5.73 Å². The number of rotatable bonds is 4. The average molecular weight is 243 g/mol. The number of hydrogen-bond acceptors (Lipinski definition) is 3. The van der Waals surface area contributed by atoms with Gasteiger partial charge in [0, 0.05) is 18.0 Å². The zero-order valence-electron chi connectivity index (χ0n) is 9.74. The highest BCUT2D eigenvalue weighted by Gasteiger charge is 2.23. The number of methoxy groups -OCH3 is 1. The summed E-state index contributed by atoms with van der Waals surface area (Å²) in [4.78, 5) is 11.2. The molecule has 0 fully saturated rings. The van der Waals surface area contributed by atoms with Crippen molar-refractivity contribution in [2.75, 3.05) is 7.11 Å². The third-order valence-corrected chi connectivity index (χ3v) is 2.61. The van der Waals surface area contributed by atoms with E-state index in [1.807, 2.05) is 0 Å². The molecule has 0 bridgehead atoms. The maximum absolute atomic E-state index is 13.6. The van der Waals surface area contributed by atoms with E-state index >= 15 is 0 Å². The zero-order chi connectivity index (χ0) is 13.0. The maximum atomic E-state index is 13.6. The molecule has 2 atom stereocenters. The van der Waals surface area contributed by atoms with Crippen LogP contribution in [0.4, 0.5) is 8.78 Å². The molecule has 0 spiro atoms. The molecule has 3 nitrogen and oxygen atoms in total. The number of ether oxygens (including phenoxy) is 1. The third kappa shape index (κ3) is 3.49. The fraction of sp³-hybridized carbons (Fsp3) is 0.417. The molecular formula is C12H15F2NO2.